The van der Waals surface area contributed by atoms with Crippen molar-refractivity contribution in [3.63, 3.8) is 0 Å². The van der Waals surface area contributed by atoms with Gasteiger partial charge < -0.3 is 14.5 Å². The maximum atomic E-state index is 12.4. The Hall–Kier alpha value is -3.60. The van der Waals surface area contributed by atoms with Gasteiger partial charge in [-0.1, -0.05) is 31.2 Å². The number of oxazole rings is 1. The molecule has 0 saturated carbocycles. The lowest BCUT2D eigenvalue weighted by molar-refractivity contribution is -0.118. The number of fused-ring (bicyclic) bond motifs is 1. The van der Waals surface area contributed by atoms with Gasteiger partial charge >= 0.3 is 0 Å². The van der Waals surface area contributed by atoms with Gasteiger partial charge in [0.05, 0.1) is 0 Å². The van der Waals surface area contributed by atoms with Crippen molar-refractivity contribution in [2.24, 2.45) is 0 Å². The van der Waals surface area contributed by atoms with Crippen LogP contribution in [0.5, 0.6) is 5.75 Å². The summed E-state index contributed by atoms with van der Waals surface area (Å²) in [6.07, 6.45) is 0.968. The van der Waals surface area contributed by atoms with Crippen molar-refractivity contribution in [3.8, 4) is 17.2 Å². The lowest BCUT2D eigenvalue weighted by atomic mass is 10.1. The number of hydrogen-bond donors (Lipinski definition) is 1. The summed E-state index contributed by atoms with van der Waals surface area (Å²) in [5.41, 5.74) is 6.37. The maximum Gasteiger partial charge on any atom is 0.262 e. The summed E-state index contributed by atoms with van der Waals surface area (Å²) in [4.78, 5) is 17.0. The quantitative estimate of drug-likeness (QED) is 0.451. The van der Waals surface area contributed by atoms with Gasteiger partial charge in [-0.3, -0.25) is 4.79 Å². The minimum Gasteiger partial charge on any atom is -0.484 e. The second kappa shape index (κ2) is 8.41. The molecule has 4 rings (SSSR count). The normalized spacial score (nSPS) is 10.9. The number of benzene rings is 3. The number of ether oxygens (including phenoxy) is 1. The van der Waals surface area contributed by atoms with Crippen molar-refractivity contribution in [3.05, 3.63) is 77.4 Å². The molecule has 0 bridgehead atoms. The van der Waals surface area contributed by atoms with E-state index in [1.807, 2.05) is 74.5 Å². The molecule has 30 heavy (non-hydrogen) atoms. The number of hydrogen-bond acceptors (Lipinski definition) is 4. The van der Waals surface area contributed by atoms with E-state index in [9.17, 15) is 4.79 Å². The molecule has 0 radical (unpaired) electrons. The van der Waals surface area contributed by atoms with Crippen LogP contribution in [0.15, 0.2) is 65.1 Å². The molecule has 1 aromatic heterocycles. The molecule has 0 saturated heterocycles. The van der Waals surface area contributed by atoms with Gasteiger partial charge in [-0.05, 0) is 73.4 Å². The van der Waals surface area contributed by atoms with E-state index in [0.29, 0.717) is 17.3 Å². The zero-order valence-corrected chi connectivity index (χ0v) is 17.4. The molecule has 0 spiro atoms. The Balaban J connectivity index is 1.47. The van der Waals surface area contributed by atoms with Crippen LogP contribution >= 0.6 is 0 Å². The minimum absolute atomic E-state index is 0.0582. The third-order valence-corrected chi connectivity index (χ3v) is 5.00. The van der Waals surface area contributed by atoms with Gasteiger partial charge in [0, 0.05) is 11.3 Å². The molecule has 0 aliphatic carbocycles. The van der Waals surface area contributed by atoms with E-state index < -0.39 is 0 Å². The Morgan fingerprint density at radius 2 is 1.83 bits per heavy atom. The SMILES string of the molecule is CCc1ccc(OCC(=O)Nc2cc(-c3nc4ccc(C)cc4o3)ccc2C)cc1. The number of carbonyl (C=O) groups is 1. The summed E-state index contributed by atoms with van der Waals surface area (Å²) < 4.78 is 11.5. The molecule has 0 aliphatic heterocycles. The Morgan fingerprint density at radius 1 is 1.03 bits per heavy atom. The molecular weight excluding hydrogens is 376 g/mol. The highest BCUT2D eigenvalue weighted by atomic mass is 16.5. The highest BCUT2D eigenvalue weighted by Crippen LogP contribution is 2.28. The van der Waals surface area contributed by atoms with Crippen LogP contribution in [0.1, 0.15) is 23.6 Å². The molecule has 0 unspecified atom stereocenters. The highest BCUT2D eigenvalue weighted by molar-refractivity contribution is 5.93. The van der Waals surface area contributed by atoms with Gasteiger partial charge in [0.25, 0.3) is 5.91 Å². The molecule has 1 heterocycles. The van der Waals surface area contributed by atoms with Crippen LogP contribution in [0.3, 0.4) is 0 Å². The third-order valence-electron chi connectivity index (χ3n) is 5.00. The van der Waals surface area contributed by atoms with Gasteiger partial charge in [-0.2, -0.15) is 0 Å². The van der Waals surface area contributed by atoms with Crippen molar-refractivity contribution in [2.75, 3.05) is 11.9 Å². The molecule has 5 heteroatoms. The van der Waals surface area contributed by atoms with E-state index in [1.54, 1.807) is 0 Å². The van der Waals surface area contributed by atoms with E-state index in [0.717, 1.165) is 34.2 Å². The average molecular weight is 400 g/mol. The van der Waals surface area contributed by atoms with Crippen LogP contribution in [-0.2, 0) is 11.2 Å². The lowest BCUT2D eigenvalue weighted by Gasteiger charge is -2.11. The predicted octanol–water partition coefficient (Wildman–Crippen LogP) is 5.69. The first kappa shape index (κ1) is 19.7. The van der Waals surface area contributed by atoms with Crippen LogP contribution in [0.25, 0.3) is 22.6 Å². The fourth-order valence-corrected chi connectivity index (χ4v) is 3.20. The van der Waals surface area contributed by atoms with Crippen LogP contribution in [0.4, 0.5) is 5.69 Å². The summed E-state index contributed by atoms with van der Waals surface area (Å²) >= 11 is 0. The molecule has 5 nitrogen and oxygen atoms in total. The molecule has 0 fully saturated rings. The number of carbonyl (C=O) groups excluding carboxylic acids is 1. The van der Waals surface area contributed by atoms with Crippen molar-refractivity contribution in [2.45, 2.75) is 27.2 Å². The Morgan fingerprint density at radius 3 is 2.60 bits per heavy atom. The van der Waals surface area contributed by atoms with E-state index in [1.165, 1.54) is 5.56 Å². The second-order valence-electron chi connectivity index (χ2n) is 7.35. The smallest absolute Gasteiger partial charge is 0.262 e. The van der Waals surface area contributed by atoms with E-state index in [4.69, 9.17) is 9.15 Å². The molecule has 4 aromatic rings. The predicted molar refractivity (Wildman–Crippen MR) is 119 cm³/mol. The van der Waals surface area contributed by atoms with E-state index in [-0.39, 0.29) is 12.5 Å². The lowest BCUT2D eigenvalue weighted by Crippen LogP contribution is -2.20. The fourth-order valence-electron chi connectivity index (χ4n) is 3.20. The first-order chi connectivity index (χ1) is 14.5. The molecule has 1 amide bonds. The summed E-state index contributed by atoms with van der Waals surface area (Å²) in [7, 11) is 0. The summed E-state index contributed by atoms with van der Waals surface area (Å²) in [5.74, 6) is 0.982. The fraction of sp³-hybridized carbons (Fsp3) is 0.200. The average Bonchev–Trinajstić information content (AvgIpc) is 3.17. The molecule has 3 aromatic carbocycles. The third kappa shape index (κ3) is 4.35. The van der Waals surface area contributed by atoms with Crippen LogP contribution in [0.2, 0.25) is 0 Å². The van der Waals surface area contributed by atoms with Gasteiger partial charge in [-0.25, -0.2) is 4.98 Å². The number of nitrogens with one attached hydrogen (secondary N) is 1. The summed E-state index contributed by atoms with van der Waals surface area (Å²) in [5, 5.41) is 2.92. The number of nitrogens with zero attached hydrogens (tertiary/aromatic N) is 1. The van der Waals surface area contributed by atoms with Crippen molar-refractivity contribution in [1.29, 1.82) is 0 Å². The number of rotatable bonds is 6. The van der Waals surface area contributed by atoms with Crippen molar-refractivity contribution >= 4 is 22.7 Å². The Labute approximate surface area is 175 Å². The van der Waals surface area contributed by atoms with E-state index >= 15 is 0 Å². The number of anilines is 1. The van der Waals surface area contributed by atoms with Crippen molar-refractivity contribution in [1.82, 2.24) is 4.98 Å². The zero-order chi connectivity index (χ0) is 21.1. The van der Waals surface area contributed by atoms with Gasteiger partial charge in [0.15, 0.2) is 12.2 Å². The molecule has 152 valence electrons. The van der Waals surface area contributed by atoms with Crippen LogP contribution in [0, 0.1) is 13.8 Å². The van der Waals surface area contributed by atoms with Gasteiger partial charge in [0.1, 0.15) is 11.3 Å². The largest absolute Gasteiger partial charge is 0.484 e. The number of aromatic nitrogens is 1. The van der Waals surface area contributed by atoms with Crippen LogP contribution in [-0.4, -0.2) is 17.5 Å². The number of aryl methyl sites for hydroxylation is 3. The first-order valence-electron chi connectivity index (χ1n) is 10.0. The van der Waals surface area contributed by atoms with Crippen LogP contribution < -0.4 is 10.1 Å². The maximum absolute atomic E-state index is 12.4. The molecule has 0 atom stereocenters. The van der Waals surface area contributed by atoms with Gasteiger partial charge in [-0.15, -0.1) is 0 Å². The monoisotopic (exact) mass is 400 g/mol. The Bertz CT molecular complexity index is 1190. The topological polar surface area (TPSA) is 64.4 Å². The summed E-state index contributed by atoms with van der Waals surface area (Å²) in [6, 6.07) is 19.4. The standard InChI is InChI=1S/C25H24N2O3/c1-4-18-7-10-20(11-8-18)29-15-24(28)26-22-14-19(9-6-17(22)3)25-27-21-12-5-16(2)13-23(21)30-25/h5-14H,4,15H2,1-3H3,(H,26,28). The van der Waals surface area contributed by atoms with Crippen molar-refractivity contribution < 1.29 is 13.9 Å². The summed E-state index contributed by atoms with van der Waals surface area (Å²) in [6.45, 7) is 6.00. The second-order valence-corrected chi connectivity index (χ2v) is 7.35. The highest BCUT2D eigenvalue weighted by Gasteiger charge is 2.12. The zero-order valence-electron chi connectivity index (χ0n) is 17.4. The first-order valence-corrected chi connectivity index (χ1v) is 10.0. The molecule has 1 N–H and O–H groups in total. The minimum atomic E-state index is -0.219. The Kier molecular flexibility index (Phi) is 5.53. The molecular formula is C25H24N2O3. The molecule has 0 aliphatic rings. The van der Waals surface area contributed by atoms with Gasteiger partial charge in [0.2, 0.25) is 5.89 Å². The number of amides is 1. The van der Waals surface area contributed by atoms with E-state index in [2.05, 4.69) is 17.2 Å².